The molecule has 2 rings (SSSR count). The minimum absolute atomic E-state index is 0.00344. The van der Waals surface area contributed by atoms with Crippen LogP contribution < -0.4 is 4.74 Å². The average Bonchev–Trinajstić information content (AvgIpc) is 3.36. The van der Waals surface area contributed by atoms with E-state index in [0.717, 1.165) is 26.2 Å². The Kier molecular flexibility index (Phi) is 5.58. The second kappa shape index (κ2) is 7.46. The SMILES string of the molecule is CCOC(=O)C(C=NC1CC1)C(=O)c1cc(F)c(F)c(OC)c1F. The Balaban J connectivity index is 2.41. The lowest BCUT2D eigenvalue weighted by molar-refractivity contribution is -0.143. The fraction of sp³-hybridized carbons (Fsp3) is 0.438. The maximum Gasteiger partial charge on any atom is 0.322 e. The lowest BCUT2D eigenvalue weighted by atomic mass is 9.97. The van der Waals surface area contributed by atoms with Gasteiger partial charge in [-0.05, 0) is 25.8 Å². The Morgan fingerprint density at radius 3 is 2.54 bits per heavy atom. The van der Waals surface area contributed by atoms with Gasteiger partial charge in [0.15, 0.2) is 29.1 Å². The van der Waals surface area contributed by atoms with Crippen LogP contribution in [0.15, 0.2) is 11.1 Å². The van der Waals surface area contributed by atoms with Gasteiger partial charge in [-0.1, -0.05) is 0 Å². The lowest BCUT2D eigenvalue weighted by Crippen LogP contribution is -2.29. The molecule has 24 heavy (non-hydrogen) atoms. The highest BCUT2D eigenvalue weighted by molar-refractivity contribution is 6.18. The predicted molar refractivity (Wildman–Crippen MR) is 78.8 cm³/mol. The second-order valence-electron chi connectivity index (χ2n) is 5.19. The molecule has 5 nitrogen and oxygen atoms in total. The first kappa shape index (κ1) is 18.0. The maximum absolute atomic E-state index is 14.2. The van der Waals surface area contributed by atoms with Crippen molar-refractivity contribution in [3.8, 4) is 5.75 Å². The number of carbonyl (C=O) groups is 2. The van der Waals surface area contributed by atoms with Crippen LogP contribution in [0.1, 0.15) is 30.1 Å². The van der Waals surface area contributed by atoms with E-state index < -0.39 is 46.4 Å². The van der Waals surface area contributed by atoms with Crippen molar-refractivity contribution in [1.82, 2.24) is 0 Å². The molecule has 0 spiro atoms. The highest BCUT2D eigenvalue weighted by Gasteiger charge is 2.33. The number of halogens is 3. The van der Waals surface area contributed by atoms with Gasteiger partial charge in [0.2, 0.25) is 5.82 Å². The molecule has 0 aliphatic heterocycles. The fourth-order valence-electron chi connectivity index (χ4n) is 2.01. The van der Waals surface area contributed by atoms with E-state index in [1.807, 2.05) is 0 Å². The Bertz CT molecular complexity index is 686. The van der Waals surface area contributed by atoms with Crippen molar-refractivity contribution in [3.63, 3.8) is 0 Å². The van der Waals surface area contributed by atoms with Gasteiger partial charge in [-0.3, -0.25) is 14.6 Å². The van der Waals surface area contributed by atoms with Crippen LogP contribution in [-0.4, -0.2) is 37.7 Å². The minimum Gasteiger partial charge on any atom is -0.491 e. The number of Topliss-reactive ketones (excluding diaryl/α,β-unsaturated/α-hetero) is 1. The molecule has 1 aliphatic carbocycles. The standard InChI is InChI=1S/C16H16F3NO4/c1-3-24-16(22)10(7-20-8-4-5-8)14(21)9-6-11(17)13(19)15(23-2)12(9)18/h6-8,10H,3-5H2,1-2H3. The summed E-state index contributed by atoms with van der Waals surface area (Å²) in [6.07, 6.45) is 2.73. The highest BCUT2D eigenvalue weighted by atomic mass is 19.2. The Labute approximate surface area is 136 Å². The van der Waals surface area contributed by atoms with Gasteiger partial charge < -0.3 is 9.47 Å². The number of esters is 1. The van der Waals surface area contributed by atoms with E-state index in [1.54, 1.807) is 6.92 Å². The van der Waals surface area contributed by atoms with E-state index in [9.17, 15) is 22.8 Å². The Morgan fingerprint density at radius 1 is 1.33 bits per heavy atom. The maximum atomic E-state index is 14.2. The number of hydrogen-bond acceptors (Lipinski definition) is 5. The quantitative estimate of drug-likeness (QED) is 0.251. The van der Waals surface area contributed by atoms with E-state index >= 15 is 0 Å². The summed E-state index contributed by atoms with van der Waals surface area (Å²) in [7, 11) is 0.937. The first-order chi connectivity index (χ1) is 11.4. The van der Waals surface area contributed by atoms with Gasteiger partial charge in [0.05, 0.1) is 19.3 Å². The number of rotatable bonds is 7. The molecule has 1 fully saturated rings. The summed E-state index contributed by atoms with van der Waals surface area (Å²) in [6.45, 7) is 1.54. The molecule has 1 aromatic carbocycles. The molecule has 8 heteroatoms. The van der Waals surface area contributed by atoms with Gasteiger partial charge in [-0.15, -0.1) is 0 Å². The number of carbonyl (C=O) groups excluding carboxylic acids is 2. The van der Waals surface area contributed by atoms with E-state index in [0.29, 0.717) is 6.07 Å². The summed E-state index contributed by atoms with van der Waals surface area (Å²) in [5.41, 5.74) is -0.800. The van der Waals surface area contributed by atoms with Crippen LogP contribution in [0.25, 0.3) is 0 Å². The smallest absolute Gasteiger partial charge is 0.322 e. The third kappa shape index (κ3) is 3.74. The molecule has 1 atom stereocenters. The zero-order valence-electron chi connectivity index (χ0n) is 13.1. The van der Waals surface area contributed by atoms with Crippen LogP contribution in [0.2, 0.25) is 0 Å². The van der Waals surface area contributed by atoms with Crippen molar-refractivity contribution >= 4 is 18.0 Å². The fourth-order valence-corrected chi connectivity index (χ4v) is 2.01. The zero-order chi connectivity index (χ0) is 17.9. The topological polar surface area (TPSA) is 65.0 Å². The van der Waals surface area contributed by atoms with Crippen LogP contribution in [0, 0.1) is 23.4 Å². The molecular formula is C16H16F3NO4. The number of nitrogens with zero attached hydrogens (tertiary/aromatic N) is 1. The van der Waals surface area contributed by atoms with Crippen molar-refractivity contribution in [2.75, 3.05) is 13.7 Å². The summed E-state index contributed by atoms with van der Waals surface area (Å²) >= 11 is 0. The molecule has 0 N–H and O–H groups in total. The van der Waals surface area contributed by atoms with Crippen molar-refractivity contribution in [3.05, 3.63) is 29.1 Å². The van der Waals surface area contributed by atoms with Crippen LogP contribution in [0.3, 0.4) is 0 Å². The number of methoxy groups -OCH3 is 1. The van der Waals surface area contributed by atoms with Crippen LogP contribution >= 0.6 is 0 Å². The number of aliphatic imine (C=N–C) groups is 1. The van der Waals surface area contributed by atoms with Crippen LogP contribution in [-0.2, 0) is 9.53 Å². The third-order valence-electron chi connectivity index (χ3n) is 3.40. The molecule has 1 aromatic rings. The molecule has 1 unspecified atom stereocenters. The summed E-state index contributed by atoms with van der Waals surface area (Å²) in [6, 6.07) is 0.409. The molecule has 0 amide bonds. The van der Waals surface area contributed by atoms with Gasteiger partial charge >= 0.3 is 5.97 Å². The number of ketones is 1. The lowest BCUT2D eigenvalue weighted by Gasteiger charge is -2.13. The van der Waals surface area contributed by atoms with Crippen molar-refractivity contribution in [1.29, 1.82) is 0 Å². The zero-order valence-corrected chi connectivity index (χ0v) is 13.1. The summed E-state index contributed by atoms with van der Waals surface area (Å²) in [5, 5.41) is 0. The molecule has 0 bridgehead atoms. The molecule has 1 aliphatic rings. The average molecular weight is 343 g/mol. The second-order valence-corrected chi connectivity index (χ2v) is 5.19. The first-order valence-electron chi connectivity index (χ1n) is 7.36. The number of ether oxygens (including phenoxy) is 2. The summed E-state index contributed by atoms with van der Waals surface area (Å²) < 4.78 is 50.5. The summed E-state index contributed by atoms with van der Waals surface area (Å²) in [4.78, 5) is 28.5. The van der Waals surface area contributed by atoms with Gasteiger partial charge in [-0.2, -0.15) is 4.39 Å². The number of benzene rings is 1. The van der Waals surface area contributed by atoms with Gasteiger partial charge in [-0.25, -0.2) is 8.78 Å². The van der Waals surface area contributed by atoms with E-state index in [4.69, 9.17) is 4.74 Å². The predicted octanol–water partition coefficient (Wildman–Crippen LogP) is 2.71. The molecule has 130 valence electrons. The Hall–Kier alpha value is -2.38. The minimum atomic E-state index is -1.55. The van der Waals surface area contributed by atoms with Crippen LogP contribution in [0.4, 0.5) is 13.2 Å². The molecule has 0 aromatic heterocycles. The molecule has 0 heterocycles. The largest absolute Gasteiger partial charge is 0.491 e. The van der Waals surface area contributed by atoms with E-state index in [-0.39, 0.29) is 12.6 Å². The highest BCUT2D eigenvalue weighted by Crippen LogP contribution is 2.29. The molecule has 1 saturated carbocycles. The third-order valence-corrected chi connectivity index (χ3v) is 3.40. The van der Waals surface area contributed by atoms with Crippen molar-refractivity contribution in [2.24, 2.45) is 10.9 Å². The normalized spacial score (nSPS) is 15.4. The molecule has 0 saturated heterocycles. The van der Waals surface area contributed by atoms with Gasteiger partial charge in [0, 0.05) is 12.3 Å². The van der Waals surface area contributed by atoms with Crippen LogP contribution in [0.5, 0.6) is 5.75 Å². The molecular weight excluding hydrogens is 327 g/mol. The van der Waals surface area contributed by atoms with Crippen molar-refractivity contribution < 1.29 is 32.2 Å². The van der Waals surface area contributed by atoms with Gasteiger partial charge in [0.25, 0.3) is 0 Å². The van der Waals surface area contributed by atoms with Crippen molar-refractivity contribution in [2.45, 2.75) is 25.8 Å². The van der Waals surface area contributed by atoms with Gasteiger partial charge in [0.1, 0.15) is 0 Å². The first-order valence-corrected chi connectivity index (χ1v) is 7.36. The monoisotopic (exact) mass is 343 g/mol. The number of hydrogen-bond donors (Lipinski definition) is 0. The Morgan fingerprint density at radius 2 is 2.00 bits per heavy atom. The van der Waals surface area contributed by atoms with E-state index in [1.165, 1.54) is 0 Å². The van der Waals surface area contributed by atoms with E-state index in [2.05, 4.69) is 9.73 Å². The summed E-state index contributed by atoms with van der Waals surface area (Å²) in [5.74, 6) is -8.96. The molecule has 0 radical (unpaired) electrons.